The maximum Gasteiger partial charge on any atom is 0.343 e. The number of esters is 1. The molecule has 0 spiro atoms. The highest BCUT2D eigenvalue weighted by Gasteiger charge is 2.25. The zero-order chi connectivity index (χ0) is 21.3. The maximum absolute atomic E-state index is 14.6. The molecule has 1 saturated heterocycles. The normalized spacial score (nSPS) is 18.8. The van der Waals surface area contributed by atoms with Gasteiger partial charge in [-0.3, -0.25) is 0 Å². The number of unbranched alkanes of at least 4 members (excludes halogenated alkanes) is 2. The van der Waals surface area contributed by atoms with Gasteiger partial charge in [-0.1, -0.05) is 32.8 Å². The summed E-state index contributed by atoms with van der Waals surface area (Å²) in [6.45, 7) is 5.92. The average molecular weight is 416 g/mol. The van der Waals surface area contributed by atoms with E-state index >= 15 is 0 Å². The molecule has 30 heavy (non-hydrogen) atoms. The minimum Gasteiger partial charge on any atom is -0.494 e. The molecule has 5 nitrogen and oxygen atoms in total. The smallest absolute Gasteiger partial charge is 0.343 e. The predicted molar refractivity (Wildman–Crippen MR) is 111 cm³/mol. The molecule has 0 atom stereocenters. The quantitative estimate of drug-likeness (QED) is 0.299. The van der Waals surface area contributed by atoms with Crippen LogP contribution in [0.1, 0.15) is 61.7 Å². The summed E-state index contributed by atoms with van der Waals surface area (Å²) in [5.74, 6) is 0.231. The number of halogens is 1. The summed E-state index contributed by atoms with van der Waals surface area (Å²) < 4.78 is 36.8. The van der Waals surface area contributed by atoms with E-state index in [9.17, 15) is 9.18 Å². The topological polar surface area (TPSA) is 54.0 Å². The van der Waals surface area contributed by atoms with Crippen LogP contribution < -0.4 is 9.47 Å². The van der Waals surface area contributed by atoms with Gasteiger partial charge in [-0.15, -0.1) is 0 Å². The van der Waals surface area contributed by atoms with Gasteiger partial charge in [0.1, 0.15) is 17.3 Å². The maximum atomic E-state index is 14.6. The molecule has 162 valence electrons. The van der Waals surface area contributed by atoms with Gasteiger partial charge in [0.25, 0.3) is 0 Å². The van der Waals surface area contributed by atoms with Crippen LogP contribution in [-0.4, -0.2) is 25.8 Å². The standard InChI is InChI=1S/C24H29FO5/c1-3-5-6-13-27-19-8-10-20(11-9-19)30-23(26)18-7-12-21(22(25)14-18)24-28-15-17(4-2)16-29-24/h7-12,14,17,24H,3-6,13,15-16H2,1-2H3. The highest BCUT2D eigenvalue weighted by molar-refractivity contribution is 5.91. The van der Waals surface area contributed by atoms with Crippen molar-refractivity contribution in [3.63, 3.8) is 0 Å². The second kappa shape index (κ2) is 11.1. The lowest BCUT2D eigenvalue weighted by atomic mass is 10.1. The van der Waals surface area contributed by atoms with Crippen molar-refractivity contribution in [1.82, 2.24) is 0 Å². The fourth-order valence-corrected chi connectivity index (χ4v) is 3.12. The lowest BCUT2D eigenvalue weighted by Gasteiger charge is -2.29. The molecule has 0 saturated carbocycles. The summed E-state index contributed by atoms with van der Waals surface area (Å²) >= 11 is 0. The van der Waals surface area contributed by atoms with Gasteiger partial charge in [-0.05, 0) is 49.2 Å². The second-order valence-electron chi connectivity index (χ2n) is 7.43. The molecule has 2 aromatic rings. The first kappa shape index (κ1) is 22.2. The lowest BCUT2D eigenvalue weighted by Crippen LogP contribution is -2.27. The highest BCUT2D eigenvalue weighted by atomic mass is 19.1. The molecule has 1 heterocycles. The third-order valence-corrected chi connectivity index (χ3v) is 5.08. The van der Waals surface area contributed by atoms with Gasteiger partial charge < -0.3 is 18.9 Å². The lowest BCUT2D eigenvalue weighted by molar-refractivity contribution is -0.206. The largest absolute Gasteiger partial charge is 0.494 e. The molecule has 0 bridgehead atoms. The summed E-state index contributed by atoms with van der Waals surface area (Å²) in [5.41, 5.74) is 0.407. The van der Waals surface area contributed by atoms with Crippen LogP contribution in [0.4, 0.5) is 4.39 Å². The minimum absolute atomic E-state index is 0.124. The second-order valence-corrected chi connectivity index (χ2v) is 7.43. The van der Waals surface area contributed by atoms with Crippen molar-refractivity contribution in [2.45, 2.75) is 45.8 Å². The van der Waals surface area contributed by atoms with E-state index in [0.29, 0.717) is 31.5 Å². The Morgan fingerprint density at radius 2 is 1.73 bits per heavy atom. The monoisotopic (exact) mass is 416 g/mol. The first-order valence-electron chi connectivity index (χ1n) is 10.6. The molecule has 0 aliphatic carbocycles. The van der Waals surface area contributed by atoms with Crippen LogP contribution in [0.2, 0.25) is 0 Å². The fourth-order valence-electron chi connectivity index (χ4n) is 3.12. The molecular weight excluding hydrogens is 387 g/mol. The van der Waals surface area contributed by atoms with Gasteiger partial charge in [-0.2, -0.15) is 0 Å². The molecule has 0 unspecified atom stereocenters. The molecule has 1 aliphatic rings. The van der Waals surface area contributed by atoms with E-state index in [1.54, 1.807) is 24.3 Å². The molecule has 0 amide bonds. The van der Waals surface area contributed by atoms with Gasteiger partial charge in [0, 0.05) is 11.5 Å². The Kier molecular flexibility index (Phi) is 8.22. The number of hydrogen-bond donors (Lipinski definition) is 0. The van der Waals surface area contributed by atoms with Crippen molar-refractivity contribution in [3.8, 4) is 11.5 Å². The van der Waals surface area contributed by atoms with Crippen molar-refractivity contribution < 1.29 is 28.1 Å². The van der Waals surface area contributed by atoms with E-state index < -0.39 is 18.1 Å². The average Bonchev–Trinajstić information content (AvgIpc) is 2.78. The van der Waals surface area contributed by atoms with Crippen molar-refractivity contribution in [2.24, 2.45) is 5.92 Å². The van der Waals surface area contributed by atoms with Crippen molar-refractivity contribution in [1.29, 1.82) is 0 Å². The molecular formula is C24H29FO5. The SMILES string of the molecule is CCCCCOc1ccc(OC(=O)c2ccc(C3OCC(CC)CO3)c(F)c2)cc1. The van der Waals surface area contributed by atoms with Gasteiger partial charge in [0.05, 0.1) is 25.4 Å². The van der Waals surface area contributed by atoms with Gasteiger partial charge in [-0.25, -0.2) is 9.18 Å². The first-order chi connectivity index (χ1) is 14.6. The Balaban J connectivity index is 1.56. The number of rotatable bonds is 9. The minimum atomic E-state index is -0.747. The number of hydrogen-bond acceptors (Lipinski definition) is 5. The van der Waals surface area contributed by atoms with Crippen LogP contribution in [0.25, 0.3) is 0 Å². The van der Waals surface area contributed by atoms with Crippen molar-refractivity contribution in [3.05, 3.63) is 59.4 Å². The number of carbonyl (C=O) groups excluding carboxylic acids is 1. The first-order valence-corrected chi connectivity index (χ1v) is 10.6. The van der Waals surface area contributed by atoms with Gasteiger partial charge >= 0.3 is 5.97 Å². The molecule has 3 rings (SSSR count). The Labute approximate surface area is 177 Å². The number of carbonyl (C=O) groups is 1. The molecule has 0 N–H and O–H groups in total. The molecule has 1 fully saturated rings. The van der Waals surface area contributed by atoms with E-state index in [1.807, 2.05) is 0 Å². The van der Waals surface area contributed by atoms with Gasteiger partial charge in [0.15, 0.2) is 6.29 Å². The van der Waals surface area contributed by atoms with Crippen LogP contribution in [0.5, 0.6) is 11.5 Å². The van der Waals surface area contributed by atoms with Crippen LogP contribution in [0, 0.1) is 11.7 Å². The zero-order valence-electron chi connectivity index (χ0n) is 17.6. The summed E-state index contributed by atoms with van der Waals surface area (Å²) in [6.07, 6.45) is 3.47. The number of ether oxygens (including phenoxy) is 4. The van der Waals surface area contributed by atoms with Crippen LogP contribution in [-0.2, 0) is 9.47 Å². The van der Waals surface area contributed by atoms with Gasteiger partial charge in [0.2, 0.25) is 0 Å². The highest BCUT2D eigenvalue weighted by Crippen LogP contribution is 2.29. The van der Waals surface area contributed by atoms with Crippen molar-refractivity contribution in [2.75, 3.05) is 19.8 Å². The Morgan fingerprint density at radius 1 is 1.03 bits per heavy atom. The molecule has 0 aromatic heterocycles. The third kappa shape index (κ3) is 6.03. The van der Waals surface area contributed by atoms with Crippen molar-refractivity contribution >= 4 is 5.97 Å². The Morgan fingerprint density at radius 3 is 2.37 bits per heavy atom. The summed E-state index contributed by atoms with van der Waals surface area (Å²) in [6, 6.07) is 11.0. The zero-order valence-corrected chi connectivity index (χ0v) is 17.6. The van der Waals surface area contributed by atoms with E-state index in [4.69, 9.17) is 18.9 Å². The fraction of sp³-hybridized carbons (Fsp3) is 0.458. The van der Waals surface area contributed by atoms with E-state index in [0.717, 1.165) is 37.5 Å². The third-order valence-electron chi connectivity index (χ3n) is 5.08. The Hall–Kier alpha value is -2.44. The molecule has 2 aromatic carbocycles. The van der Waals surface area contributed by atoms with Crippen LogP contribution >= 0.6 is 0 Å². The van der Waals surface area contributed by atoms with Crippen LogP contribution in [0.15, 0.2) is 42.5 Å². The summed E-state index contributed by atoms with van der Waals surface area (Å²) in [5, 5.41) is 0. The molecule has 1 aliphatic heterocycles. The number of benzene rings is 2. The summed E-state index contributed by atoms with van der Waals surface area (Å²) in [7, 11) is 0. The van der Waals surface area contributed by atoms with E-state index in [-0.39, 0.29) is 11.1 Å². The molecule has 0 radical (unpaired) electrons. The van der Waals surface area contributed by atoms with E-state index in [2.05, 4.69) is 13.8 Å². The molecule has 6 heteroatoms. The van der Waals surface area contributed by atoms with E-state index in [1.165, 1.54) is 12.1 Å². The summed E-state index contributed by atoms with van der Waals surface area (Å²) in [4.78, 5) is 12.4. The van der Waals surface area contributed by atoms with Crippen LogP contribution in [0.3, 0.4) is 0 Å². The Bertz CT molecular complexity index is 813. The predicted octanol–water partition coefficient (Wildman–Crippen LogP) is 5.69.